The molecule has 0 spiro atoms. The number of benzene rings is 1. The van der Waals surface area contributed by atoms with E-state index in [1.54, 1.807) is 24.3 Å². The van der Waals surface area contributed by atoms with E-state index in [1.807, 2.05) is 0 Å². The standard InChI is InChI=1S/C17H19N3O6/c1-24-14(25-2)9-20-15(11-4-6-12(7-5-11)19-10-21)18-8-13(16(20)22)17(23)26-3/h4-8,10,14H,9H2,1-3H3,(H,19,21). The smallest absolute Gasteiger partial charge is 0.345 e. The molecular formula is C17H19N3O6. The Morgan fingerprint density at radius 3 is 2.42 bits per heavy atom. The van der Waals surface area contributed by atoms with Gasteiger partial charge in [0.15, 0.2) is 6.29 Å². The molecule has 0 aliphatic rings. The van der Waals surface area contributed by atoms with Gasteiger partial charge >= 0.3 is 5.97 Å². The zero-order chi connectivity index (χ0) is 19.1. The number of hydrogen-bond donors (Lipinski definition) is 1. The Hall–Kier alpha value is -3.04. The van der Waals surface area contributed by atoms with Crippen LogP contribution in [0.1, 0.15) is 10.4 Å². The maximum Gasteiger partial charge on any atom is 0.345 e. The second kappa shape index (κ2) is 8.88. The molecule has 2 aromatic rings. The Kier molecular flexibility index (Phi) is 6.59. The molecule has 138 valence electrons. The number of carbonyl (C=O) groups excluding carboxylic acids is 2. The lowest BCUT2D eigenvalue weighted by atomic mass is 10.1. The Labute approximate surface area is 149 Å². The first kappa shape index (κ1) is 19.3. The van der Waals surface area contributed by atoms with E-state index in [9.17, 15) is 14.4 Å². The summed E-state index contributed by atoms with van der Waals surface area (Å²) in [5.41, 5.74) is 0.439. The number of esters is 1. The lowest BCUT2D eigenvalue weighted by Crippen LogP contribution is -2.34. The van der Waals surface area contributed by atoms with Crippen LogP contribution in [-0.4, -0.2) is 49.5 Å². The van der Waals surface area contributed by atoms with Gasteiger partial charge in [0.05, 0.1) is 13.7 Å². The van der Waals surface area contributed by atoms with Crippen LogP contribution in [0.3, 0.4) is 0 Å². The van der Waals surface area contributed by atoms with Gasteiger partial charge in [-0.2, -0.15) is 0 Å². The number of rotatable bonds is 8. The molecule has 0 unspecified atom stereocenters. The van der Waals surface area contributed by atoms with Gasteiger partial charge in [-0.15, -0.1) is 0 Å². The molecule has 1 heterocycles. The van der Waals surface area contributed by atoms with Gasteiger partial charge < -0.3 is 19.5 Å². The molecule has 1 N–H and O–H groups in total. The predicted octanol–water partition coefficient (Wildman–Crippen LogP) is 0.884. The SMILES string of the molecule is COC(=O)c1cnc(-c2ccc(NC=O)cc2)n(CC(OC)OC)c1=O. The van der Waals surface area contributed by atoms with Crippen LogP contribution in [-0.2, 0) is 25.5 Å². The molecule has 0 radical (unpaired) electrons. The van der Waals surface area contributed by atoms with Crippen molar-refractivity contribution in [2.75, 3.05) is 26.6 Å². The molecule has 9 nitrogen and oxygen atoms in total. The Morgan fingerprint density at radius 2 is 1.88 bits per heavy atom. The summed E-state index contributed by atoms with van der Waals surface area (Å²) in [7, 11) is 4.07. The maximum absolute atomic E-state index is 12.8. The minimum absolute atomic E-state index is 0.0212. The highest BCUT2D eigenvalue weighted by Gasteiger charge is 2.20. The molecule has 26 heavy (non-hydrogen) atoms. The quantitative estimate of drug-likeness (QED) is 0.422. The van der Waals surface area contributed by atoms with Gasteiger partial charge in [0.1, 0.15) is 11.4 Å². The second-order valence-electron chi connectivity index (χ2n) is 5.14. The zero-order valence-electron chi connectivity index (χ0n) is 14.6. The fourth-order valence-electron chi connectivity index (χ4n) is 2.32. The van der Waals surface area contributed by atoms with Crippen molar-refractivity contribution < 1.29 is 23.8 Å². The molecule has 2 rings (SSSR count). The van der Waals surface area contributed by atoms with Crippen LogP contribution in [0.5, 0.6) is 0 Å². The van der Waals surface area contributed by atoms with Gasteiger partial charge in [0, 0.05) is 31.7 Å². The monoisotopic (exact) mass is 361 g/mol. The average molecular weight is 361 g/mol. The largest absolute Gasteiger partial charge is 0.465 e. The summed E-state index contributed by atoms with van der Waals surface area (Å²) in [6.07, 6.45) is 1.03. The number of nitrogens with one attached hydrogen (secondary N) is 1. The summed E-state index contributed by atoms with van der Waals surface area (Å²) < 4.78 is 16.2. The highest BCUT2D eigenvalue weighted by Crippen LogP contribution is 2.19. The van der Waals surface area contributed by atoms with E-state index < -0.39 is 17.8 Å². The van der Waals surface area contributed by atoms with E-state index in [-0.39, 0.29) is 12.1 Å². The molecular weight excluding hydrogens is 342 g/mol. The summed E-state index contributed by atoms with van der Waals surface area (Å²) in [6.45, 7) is 0.0212. The first-order chi connectivity index (χ1) is 12.5. The van der Waals surface area contributed by atoms with Crippen LogP contribution in [0.25, 0.3) is 11.4 Å². The fraction of sp³-hybridized carbons (Fsp3) is 0.294. The van der Waals surface area contributed by atoms with Crippen molar-refractivity contribution in [3.63, 3.8) is 0 Å². The third-order valence-corrected chi connectivity index (χ3v) is 3.68. The molecule has 0 aliphatic carbocycles. The number of ether oxygens (including phenoxy) is 3. The summed E-state index contributed by atoms with van der Waals surface area (Å²) in [4.78, 5) is 39.3. The van der Waals surface area contributed by atoms with Crippen molar-refractivity contribution in [2.45, 2.75) is 12.8 Å². The molecule has 0 aliphatic heterocycles. The second-order valence-corrected chi connectivity index (χ2v) is 5.14. The van der Waals surface area contributed by atoms with Gasteiger partial charge in [-0.05, 0) is 24.3 Å². The van der Waals surface area contributed by atoms with E-state index in [1.165, 1.54) is 32.1 Å². The van der Waals surface area contributed by atoms with Crippen molar-refractivity contribution in [1.29, 1.82) is 0 Å². The van der Waals surface area contributed by atoms with E-state index in [2.05, 4.69) is 15.0 Å². The highest BCUT2D eigenvalue weighted by atomic mass is 16.7. The third kappa shape index (κ3) is 4.13. The molecule has 0 saturated heterocycles. The predicted molar refractivity (Wildman–Crippen MR) is 92.8 cm³/mol. The minimum atomic E-state index is -0.778. The summed E-state index contributed by atoms with van der Waals surface area (Å²) in [6, 6.07) is 6.71. The number of anilines is 1. The third-order valence-electron chi connectivity index (χ3n) is 3.68. The lowest BCUT2D eigenvalue weighted by molar-refractivity contribution is -0.111. The fourth-order valence-corrected chi connectivity index (χ4v) is 2.32. The topological polar surface area (TPSA) is 109 Å². The first-order valence-electron chi connectivity index (χ1n) is 7.60. The number of hydrogen-bond acceptors (Lipinski definition) is 7. The summed E-state index contributed by atoms with van der Waals surface area (Å²) in [5.74, 6) is -0.459. The maximum atomic E-state index is 12.8. The van der Waals surface area contributed by atoms with Gasteiger partial charge in [-0.1, -0.05) is 0 Å². The number of nitrogens with zero attached hydrogens (tertiary/aromatic N) is 2. The number of carbonyl (C=O) groups is 2. The minimum Gasteiger partial charge on any atom is -0.465 e. The van der Waals surface area contributed by atoms with Gasteiger partial charge in [0.25, 0.3) is 5.56 Å². The van der Waals surface area contributed by atoms with E-state index in [4.69, 9.17) is 9.47 Å². The van der Waals surface area contributed by atoms with Crippen LogP contribution in [0.4, 0.5) is 5.69 Å². The van der Waals surface area contributed by atoms with Crippen LogP contribution in [0.2, 0.25) is 0 Å². The Balaban J connectivity index is 2.56. The first-order valence-corrected chi connectivity index (χ1v) is 7.60. The molecule has 0 saturated carbocycles. The van der Waals surface area contributed by atoms with Crippen molar-refractivity contribution in [3.8, 4) is 11.4 Å². The Bertz CT molecular complexity index is 827. The molecule has 9 heteroatoms. The van der Waals surface area contributed by atoms with Crippen LogP contribution >= 0.6 is 0 Å². The molecule has 1 aromatic carbocycles. The average Bonchev–Trinajstić information content (AvgIpc) is 2.67. The number of methoxy groups -OCH3 is 3. The van der Waals surface area contributed by atoms with Crippen molar-refractivity contribution in [3.05, 3.63) is 46.4 Å². The number of aromatic nitrogens is 2. The van der Waals surface area contributed by atoms with Crippen molar-refractivity contribution >= 4 is 18.1 Å². The van der Waals surface area contributed by atoms with Gasteiger partial charge in [-0.25, -0.2) is 9.78 Å². The van der Waals surface area contributed by atoms with Crippen LogP contribution in [0.15, 0.2) is 35.3 Å². The zero-order valence-corrected chi connectivity index (χ0v) is 14.6. The molecule has 1 amide bonds. The molecule has 0 atom stereocenters. The Morgan fingerprint density at radius 1 is 1.23 bits per heavy atom. The number of amides is 1. The summed E-state index contributed by atoms with van der Waals surface area (Å²) in [5, 5.41) is 2.52. The highest BCUT2D eigenvalue weighted by molar-refractivity contribution is 5.88. The lowest BCUT2D eigenvalue weighted by Gasteiger charge is -2.18. The van der Waals surface area contributed by atoms with E-state index in [0.29, 0.717) is 23.5 Å². The normalized spacial score (nSPS) is 10.6. The van der Waals surface area contributed by atoms with Crippen LogP contribution < -0.4 is 10.9 Å². The van der Waals surface area contributed by atoms with E-state index >= 15 is 0 Å². The molecule has 0 bridgehead atoms. The molecule has 1 aromatic heterocycles. The van der Waals surface area contributed by atoms with Crippen LogP contribution in [0, 0.1) is 0 Å². The van der Waals surface area contributed by atoms with E-state index in [0.717, 1.165) is 0 Å². The van der Waals surface area contributed by atoms with Crippen molar-refractivity contribution in [2.24, 2.45) is 0 Å². The van der Waals surface area contributed by atoms with Gasteiger partial charge in [-0.3, -0.25) is 14.2 Å². The summed E-state index contributed by atoms with van der Waals surface area (Å²) >= 11 is 0. The van der Waals surface area contributed by atoms with Crippen molar-refractivity contribution in [1.82, 2.24) is 9.55 Å². The molecule has 0 fully saturated rings. The van der Waals surface area contributed by atoms with Gasteiger partial charge in [0.2, 0.25) is 6.41 Å².